The molecular weight excluding hydrogens is 216 g/mol. The molecule has 0 aliphatic rings. The number of hydrogen-bond acceptors (Lipinski definition) is 3. The van der Waals surface area contributed by atoms with Crippen molar-refractivity contribution in [1.82, 2.24) is 0 Å². The number of fused-ring (bicyclic) bond motifs is 3. The molecule has 0 unspecified atom stereocenters. The number of hydrogen-bond donors (Lipinski definition) is 0. The fourth-order valence-electron chi connectivity index (χ4n) is 1.95. The maximum atomic E-state index is 11.3. The summed E-state index contributed by atoms with van der Waals surface area (Å²) in [5.74, 6) is -0.535. The highest BCUT2D eigenvalue weighted by molar-refractivity contribution is 6.33. The molecule has 2 aromatic carbocycles. The summed E-state index contributed by atoms with van der Waals surface area (Å²) in [6.45, 7) is 0. The summed E-state index contributed by atoms with van der Waals surface area (Å²) in [4.78, 5) is 21.7. The van der Waals surface area contributed by atoms with Crippen LogP contribution in [0, 0.1) is 0 Å². The molecule has 0 saturated heterocycles. The molecule has 1 heterocycles. The van der Waals surface area contributed by atoms with Gasteiger partial charge >= 0.3 is 0 Å². The minimum Gasteiger partial charge on any atom is -0.456 e. The van der Waals surface area contributed by atoms with E-state index in [1.807, 2.05) is 24.3 Å². The summed E-state index contributed by atoms with van der Waals surface area (Å²) in [6.07, 6.45) is 0.309. The highest BCUT2D eigenvalue weighted by Gasteiger charge is 2.09. The first-order chi connectivity index (χ1) is 8.29. The van der Waals surface area contributed by atoms with E-state index in [9.17, 15) is 9.59 Å². The normalized spacial score (nSPS) is 10.8. The number of carbonyl (C=O) groups is 2. The molecule has 0 fully saturated rings. The van der Waals surface area contributed by atoms with Crippen LogP contribution >= 0.6 is 0 Å². The number of furan rings is 1. The molecule has 0 bridgehead atoms. The summed E-state index contributed by atoms with van der Waals surface area (Å²) < 4.78 is 5.62. The van der Waals surface area contributed by atoms with Crippen molar-refractivity contribution in [3.8, 4) is 0 Å². The Morgan fingerprint density at radius 3 is 2.59 bits per heavy atom. The summed E-state index contributed by atoms with van der Waals surface area (Å²) in [5, 5.41) is 1.95. The van der Waals surface area contributed by atoms with Gasteiger partial charge in [-0.1, -0.05) is 24.3 Å². The summed E-state index contributed by atoms with van der Waals surface area (Å²) in [5.41, 5.74) is 1.75. The minimum absolute atomic E-state index is 0.309. The quantitative estimate of drug-likeness (QED) is 0.382. The highest BCUT2D eigenvalue weighted by atomic mass is 16.3. The first-order valence-electron chi connectivity index (χ1n) is 5.20. The fourth-order valence-corrected chi connectivity index (χ4v) is 1.95. The molecule has 82 valence electrons. The summed E-state index contributed by atoms with van der Waals surface area (Å²) in [6, 6.07) is 12.7. The van der Waals surface area contributed by atoms with Gasteiger partial charge in [0.1, 0.15) is 11.2 Å². The molecule has 0 saturated carbocycles. The Morgan fingerprint density at radius 1 is 1.00 bits per heavy atom. The predicted molar refractivity (Wildman–Crippen MR) is 64.1 cm³/mol. The monoisotopic (exact) mass is 224 g/mol. The van der Waals surface area contributed by atoms with E-state index in [1.165, 1.54) is 0 Å². The summed E-state index contributed by atoms with van der Waals surface area (Å²) >= 11 is 0. The Labute approximate surface area is 96.6 Å². The molecule has 0 radical (unpaired) electrons. The van der Waals surface area contributed by atoms with Crippen molar-refractivity contribution in [1.29, 1.82) is 0 Å². The number of para-hydroxylation sites is 1. The van der Waals surface area contributed by atoms with Gasteiger partial charge in [0.25, 0.3) is 0 Å². The van der Waals surface area contributed by atoms with Crippen LogP contribution in [0.25, 0.3) is 21.9 Å². The van der Waals surface area contributed by atoms with Crippen molar-refractivity contribution >= 4 is 34.0 Å². The zero-order chi connectivity index (χ0) is 11.8. The molecule has 3 aromatic rings. The van der Waals surface area contributed by atoms with E-state index in [1.54, 1.807) is 18.2 Å². The Balaban J connectivity index is 2.34. The lowest BCUT2D eigenvalue weighted by molar-refractivity contribution is -0.104. The van der Waals surface area contributed by atoms with E-state index in [0.717, 1.165) is 16.4 Å². The van der Waals surface area contributed by atoms with Gasteiger partial charge < -0.3 is 4.42 Å². The van der Waals surface area contributed by atoms with Gasteiger partial charge in [-0.3, -0.25) is 9.59 Å². The molecule has 0 amide bonds. The standard InChI is InChI=1S/C14H8O3/c15-8-12(16)9-5-6-11-10-3-1-2-4-13(10)17-14(11)7-9/h1-8H. The Hall–Kier alpha value is -2.42. The number of ketones is 1. The van der Waals surface area contributed by atoms with Crippen LogP contribution in [0.5, 0.6) is 0 Å². The van der Waals surface area contributed by atoms with Gasteiger partial charge in [-0.05, 0) is 18.2 Å². The molecule has 3 nitrogen and oxygen atoms in total. The van der Waals surface area contributed by atoms with E-state index >= 15 is 0 Å². The molecule has 0 atom stereocenters. The van der Waals surface area contributed by atoms with Crippen LogP contribution in [0.1, 0.15) is 10.4 Å². The third kappa shape index (κ3) is 1.44. The fraction of sp³-hybridized carbons (Fsp3) is 0. The Kier molecular flexibility index (Phi) is 2.05. The molecule has 3 heteroatoms. The lowest BCUT2D eigenvalue weighted by Crippen LogP contribution is -1.98. The molecule has 0 N–H and O–H groups in total. The second kappa shape index (κ2) is 3.56. The molecule has 0 spiro atoms. The maximum absolute atomic E-state index is 11.3. The van der Waals surface area contributed by atoms with Crippen LogP contribution in [0.2, 0.25) is 0 Å². The average molecular weight is 224 g/mol. The van der Waals surface area contributed by atoms with Gasteiger partial charge in [0.2, 0.25) is 5.78 Å². The number of carbonyl (C=O) groups excluding carboxylic acids is 2. The van der Waals surface area contributed by atoms with Crippen LogP contribution in [0.15, 0.2) is 46.9 Å². The zero-order valence-electron chi connectivity index (χ0n) is 8.84. The first kappa shape index (κ1) is 9.78. The van der Waals surface area contributed by atoms with Gasteiger partial charge in [0.15, 0.2) is 6.29 Å². The van der Waals surface area contributed by atoms with Gasteiger partial charge in [-0.25, -0.2) is 0 Å². The van der Waals surface area contributed by atoms with E-state index in [0.29, 0.717) is 17.4 Å². The van der Waals surface area contributed by atoms with E-state index < -0.39 is 5.78 Å². The van der Waals surface area contributed by atoms with Crippen LogP contribution in [-0.4, -0.2) is 12.1 Å². The second-order valence-corrected chi connectivity index (χ2v) is 3.79. The molecule has 3 rings (SSSR count). The van der Waals surface area contributed by atoms with Gasteiger partial charge in [0.05, 0.1) is 0 Å². The largest absolute Gasteiger partial charge is 0.456 e. The lowest BCUT2D eigenvalue weighted by atomic mass is 10.1. The van der Waals surface area contributed by atoms with Gasteiger partial charge in [-0.15, -0.1) is 0 Å². The van der Waals surface area contributed by atoms with Gasteiger partial charge in [0, 0.05) is 16.3 Å². The number of Topliss-reactive ketones (excluding diaryl/α,β-unsaturated/α-hetero) is 1. The van der Waals surface area contributed by atoms with Crippen molar-refractivity contribution < 1.29 is 14.0 Å². The molecular formula is C14H8O3. The molecule has 1 aromatic heterocycles. The van der Waals surface area contributed by atoms with Gasteiger partial charge in [-0.2, -0.15) is 0 Å². The van der Waals surface area contributed by atoms with Crippen LogP contribution in [0.4, 0.5) is 0 Å². The topological polar surface area (TPSA) is 47.3 Å². The Bertz CT molecular complexity index is 737. The molecule has 0 aliphatic heterocycles. The van der Waals surface area contributed by atoms with Crippen LogP contribution in [0.3, 0.4) is 0 Å². The average Bonchev–Trinajstić information content (AvgIpc) is 2.75. The molecule has 17 heavy (non-hydrogen) atoms. The zero-order valence-corrected chi connectivity index (χ0v) is 8.84. The van der Waals surface area contributed by atoms with Crippen molar-refractivity contribution in [3.05, 3.63) is 48.0 Å². The number of aldehydes is 1. The predicted octanol–water partition coefficient (Wildman–Crippen LogP) is 2.97. The van der Waals surface area contributed by atoms with Crippen molar-refractivity contribution in [2.45, 2.75) is 0 Å². The van der Waals surface area contributed by atoms with Crippen molar-refractivity contribution in [3.63, 3.8) is 0 Å². The third-order valence-electron chi connectivity index (χ3n) is 2.77. The van der Waals surface area contributed by atoms with E-state index in [2.05, 4.69) is 0 Å². The van der Waals surface area contributed by atoms with E-state index in [4.69, 9.17) is 4.42 Å². The highest BCUT2D eigenvalue weighted by Crippen LogP contribution is 2.28. The first-order valence-corrected chi connectivity index (χ1v) is 5.20. The Morgan fingerprint density at radius 2 is 1.76 bits per heavy atom. The lowest BCUT2D eigenvalue weighted by Gasteiger charge is -1.93. The van der Waals surface area contributed by atoms with Crippen molar-refractivity contribution in [2.75, 3.05) is 0 Å². The smallest absolute Gasteiger partial charge is 0.225 e. The maximum Gasteiger partial charge on any atom is 0.225 e. The van der Waals surface area contributed by atoms with E-state index in [-0.39, 0.29) is 0 Å². The third-order valence-corrected chi connectivity index (χ3v) is 2.77. The minimum atomic E-state index is -0.535. The number of benzene rings is 2. The van der Waals surface area contributed by atoms with Crippen molar-refractivity contribution in [2.24, 2.45) is 0 Å². The SMILES string of the molecule is O=CC(=O)c1ccc2c(c1)oc1ccccc12. The second-order valence-electron chi connectivity index (χ2n) is 3.79. The van der Waals surface area contributed by atoms with Crippen LogP contribution in [-0.2, 0) is 4.79 Å². The number of rotatable bonds is 2. The summed E-state index contributed by atoms with van der Waals surface area (Å²) in [7, 11) is 0. The van der Waals surface area contributed by atoms with Crippen LogP contribution < -0.4 is 0 Å². The molecule has 0 aliphatic carbocycles.